The first-order valence-electron chi connectivity index (χ1n) is 3.54. The maximum atomic E-state index is 10.8. The number of hydrogen-bond donors (Lipinski definition) is 2. The summed E-state index contributed by atoms with van der Waals surface area (Å²) in [5.41, 5.74) is 1.01. The van der Waals surface area contributed by atoms with Crippen LogP contribution in [0.4, 0.5) is 4.79 Å². The van der Waals surface area contributed by atoms with E-state index in [-0.39, 0.29) is 12.1 Å². The van der Waals surface area contributed by atoms with Crippen molar-refractivity contribution < 1.29 is 4.79 Å². The Hall–Kier alpha value is -1.83. The third-order valence-electron chi connectivity index (χ3n) is 1.83. The van der Waals surface area contributed by atoms with Gasteiger partial charge in [-0.15, -0.1) is 0 Å². The number of rotatable bonds is 0. The fourth-order valence-electron chi connectivity index (χ4n) is 1.25. The first-order valence-corrected chi connectivity index (χ1v) is 3.54. The minimum atomic E-state index is -0.369. The summed E-state index contributed by atoms with van der Waals surface area (Å²) >= 11 is 0. The highest BCUT2D eigenvalue weighted by molar-refractivity contribution is 6.14. The number of amides is 2. The fraction of sp³-hybridized carbons (Fsp3) is 0.286. The van der Waals surface area contributed by atoms with E-state index in [1.807, 2.05) is 6.07 Å². The molecule has 2 aliphatic rings. The van der Waals surface area contributed by atoms with Crippen molar-refractivity contribution in [3.63, 3.8) is 0 Å². The molecule has 0 bridgehead atoms. The Morgan fingerprint density at radius 1 is 1.75 bits per heavy atom. The number of nitriles is 1. The number of aliphatic imine (C=N–C) groups is 1. The normalized spacial score (nSPS) is 25.9. The van der Waals surface area contributed by atoms with E-state index in [4.69, 9.17) is 5.26 Å². The predicted molar refractivity (Wildman–Crippen MR) is 41.5 cm³/mol. The van der Waals surface area contributed by atoms with Crippen molar-refractivity contribution in [2.24, 2.45) is 4.99 Å². The molecule has 0 aliphatic carbocycles. The molecule has 12 heavy (non-hydrogen) atoms. The zero-order chi connectivity index (χ0) is 8.55. The van der Waals surface area contributed by atoms with E-state index >= 15 is 0 Å². The maximum absolute atomic E-state index is 10.8. The zero-order valence-corrected chi connectivity index (χ0v) is 6.16. The number of fused-ring (bicyclic) bond motifs is 1. The van der Waals surface area contributed by atoms with Gasteiger partial charge in [0.1, 0.15) is 6.07 Å². The van der Waals surface area contributed by atoms with Crippen LogP contribution in [0.25, 0.3) is 0 Å². The minimum absolute atomic E-state index is 0.0163. The summed E-state index contributed by atoms with van der Waals surface area (Å²) in [6.45, 7) is 0.499. The second-order valence-electron chi connectivity index (χ2n) is 2.57. The molecule has 0 saturated heterocycles. The second-order valence-corrected chi connectivity index (χ2v) is 2.57. The van der Waals surface area contributed by atoms with Gasteiger partial charge in [-0.05, 0) is 0 Å². The molecule has 5 nitrogen and oxygen atoms in total. The summed E-state index contributed by atoms with van der Waals surface area (Å²) in [5.74, 6) is 0. The Balaban J connectivity index is 2.37. The third-order valence-corrected chi connectivity index (χ3v) is 1.83. The largest absolute Gasteiger partial charge is 0.380 e. The number of hydrogen-bond acceptors (Lipinski definition) is 3. The molecule has 5 heteroatoms. The summed E-state index contributed by atoms with van der Waals surface area (Å²) in [6.07, 6.45) is 1.59. The van der Waals surface area contributed by atoms with Crippen molar-refractivity contribution in [2.45, 2.75) is 6.04 Å². The van der Waals surface area contributed by atoms with Crippen LogP contribution >= 0.6 is 0 Å². The van der Waals surface area contributed by atoms with Gasteiger partial charge in [-0.2, -0.15) is 10.3 Å². The van der Waals surface area contributed by atoms with Gasteiger partial charge in [-0.25, -0.2) is 4.79 Å². The number of carbonyl (C=O) groups is 1. The molecule has 0 aromatic heterocycles. The minimum Gasteiger partial charge on any atom is -0.380 e. The Morgan fingerprint density at radius 2 is 2.58 bits per heavy atom. The average Bonchev–Trinajstić information content (AvgIpc) is 2.46. The van der Waals surface area contributed by atoms with Crippen molar-refractivity contribution >= 4 is 11.7 Å². The Bertz CT molecular complexity index is 336. The van der Waals surface area contributed by atoms with E-state index in [1.54, 1.807) is 6.20 Å². The summed E-state index contributed by atoms with van der Waals surface area (Å²) in [5, 5.41) is 14.1. The third kappa shape index (κ3) is 0.855. The first-order chi connectivity index (χ1) is 5.81. The van der Waals surface area contributed by atoms with Crippen LogP contribution in [0.1, 0.15) is 0 Å². The maximum Gasteiger partial charge on any atom is 0.341 e. The van der Waals surface area contributed by atoms with Crippen LogP contribution in [0, 0.1) is 11.3 Å². The van der Waals surface area contributed by atoms with Gasteiger partial charge >= 0.3 is 6.03 Å². The molecule has 2 rings (SSSR count). The topological polar surface area (TPSA) is 77.3 Å². The van der Waals surface area contributed by atoms with Gasteiger partial charge in [0, 0.05) is 12.7 Å². The number of carbonyl (C=O) groups excluding carboxylic acids is 1. The van der Waals surface area contributed by atoms with Crippen LogP contribution in [0.2, 0.25) is 0 Å². The lowest BCUT2D eigenvalue weighted by atomic mass is 10.1. The van der Waals surface area contributed by atoms with Crippen LogP contribution in [0.5, 0.6) is 0 Å². The Labute approximate surface area is 68.8 Å². The molecule has 2 N–H and O–H groups in total. The van der Waals surface area contributed by atoms with E-state index in [1.165, 1.54) is 0 Å². The van der Waals surface area contributed by atoms with Gasteiger partial charge in [-0.3, -0.25) is 0 Å². The van der Waals surface area contributed by atoms with Crippen LogP contribution in [0.15, 0.2) is 16.8 Å². The summed E-state index contributed by atoms with van der Waals surface area (Å²) in [4.78, 5) is 14.5. The lowest BCUT2D eigenvalue weighted by Crippen LogP contribution is -2.44. The van der Waals surface area contributed by atoms with Crippen molar-refractivity contribution in [3.8, 4) is 6.07 Å². The smallest absolute Gasteiger partial charge is 0.341 e. The van der Waals surface area contributed by atoms with Gasteiger partial charge in [0.2, 0.25) is 0 Å². The van der Waals surface area contributed by atoms with Crippen molar-refractivity contribution in [1.82, 2.24) is 10.6 Å². The summed E-state index contributed by atoms with van der Waals surface area (Å²) in [6, 6.07) is 1.59. The van der Waals surface area contributed by atoms with Crippen molar-refractivity contribution in [3.05, 3.63) is 11.8 Å². The predicted octanol–water partition coefficient (Wildman–Crippen LogP) is -0.470. The van der Waals surface area contributed by atoms with Crippen LogP contribution < -0.4 is 10.6 Å². The molecule has 0 spiro atoms. The van der Waals surface area contributed by atoms with Crippen molar-refractivity contribution in [2.75, 3.05) is 6.54 Å². The molecular weight excluding hydrogens is 156 g/mol. The Morgan fingerprint density at radius 3 is 3.33 bits per heavy atom. The molecule has 2 aliphatic heterocycles. The SMILES string of the molecule is N#CC1=CNC2CNC(=O)N=C12. The van der Waals surface area contributed by atoms with Gasteiger partial charge in [0.05, 0.1) is 17.3 Å². The van der Waals surface area contributed by atoms with Crippen molar-refractivity contribution in [1.29, 1.82) is 5.26 Å². The van der Waals surface area contributed by atoms with E-state index in [2.05, 4.69) is 15.6 Å². The number of nitrogens with one attached hydrogen (secondary N) is 2. The van der Waals surface area contributed by atoms with E-state index in [0.29, 0.717) is 17.8 Å². The standard InChI is InChI=1S/C7H6N4O/c8-1-4-2-9-5-3-10-7(12)11-6(4)5/h2,5,9H,3H2,(H,10,12). The molecule has 0 aromatic carbocycles. The quantitative estimate of drug-likeness (QED) is 0.505. The molecular formula is C7H6N4O. The molecule has 60 valence electrons. The van der Waals surface area contributed by atoms with Crippen LogP contribution in [0.3, 0.4) is 0 Å². The van der Waals surface area contributed by atoms with Gasteiger partial charge in [0.15, 0.2) is 0 Å². The van der Waals surface area contributed by atoms with Gasteiger partial charge < -0.3 is 10.6 Å². The summed E-state index contributed by atoms with van der Waals surface area (Å²) in [7, 11) is 0. The van der Waals surface area contributed by atoms with Gasteiger partial charge in [0.25, 0.3) is 0 Å². The molecule has 0 radical (unpaired) electrons. The highest BCUT2D eigenvalue weighted by atomic mass is 16.2. The highest BCUT2D eigenvalue weighted by Crippen LogP contribution is 2.11. The molecule has 0 aromatic rings. The second kappa shape index (κ2) is 2.34. The number of urea groups is 1. The molecule has 0 saturated carbocycles. The van der Waals surface area contributed by atoms with Crippen LogP contribution in [-0.2, 0) is 0 Å². The highest BCUT2D eigenvalue weighted by Gasteiger charge is 2.29. The molecule has 1 atom stereocenters. The number of nitrogens with zero attached hydrogens (tertiary/aromatic N) is 2. The molecule has 0 fully saturated rings. The lowest BCUT2D eigenvalue weighted by Gasteiger charge is -2.17. The molecule has 2 heterocycles. The zero-order valence-electron chi connectivity index (χ0n) is 6.16. The molecule has 2 amide bonds. The van der Waals surface area contributed by atoms with E-state index in [9.17, 15) is 4.79 Å². The lowest BCUT2D eigenvalue weighted by molar-refractivity contribution is 0.247. The van der Waals surface area contributed by atoms with Crippen LogP contribution in [-0.4, -0.2) is 24.3 Å². The first kappa shape index (κ1) is 6.85. The Kier molecular flexibility index (Phi) is 1.34. The van der Waals surface area contributed by atoms with E-state index in [0.717, 1.165) is 0 Å². The summed E-state index contributed by atoms with van der Waals surface area (Å²) < 4.78 is 0. The molecule has 1 unspecified atom stereocenters. The van der Waals surface area contributed by atoms with Gasteiger partial charge in [-0.1, -0.05) is 0 Å². The monoisotopic (exact) mass is 162 g/mol. The van der Waals surface area contributed by atoms with E-state index < -0.39 is 0 Å². The average molecular weight is 162 g/mol. The fourth-order valence-corrected chi connectivity index (χ4v) is 1.25.